The summed E-state index contributed by atoms with van der Waals surface area (Å²) in [5.41, 5.74) is 6.37. The Kier molecular flexibility index (Phi) is 8.43. The Bertz CT molecular complexity index is 377. The number of ether oxygens (including phenoxy) is 1. The van der Waals surface area contributed by atoms with Crippen molar-refractivity contribution in [3.8, 4) is 0 Å². The van der Waals surface area contributed by atoms with Crippen LogP contribution in [0.2, 0.25) is 0 Å². The minimum absolute atomic E-state index is 0.318. The van der Waals surface area contributed by atoms with Gasteiger partial charge in [-0.2, -0.15) is 0 Å². The lowest BCUT2D eigenvalue weighted by Crippen LogP contribution is -2.08. The number of pyridine rings is 1. The second kappa shape index (κ2) is 10.2. The van der Waals surface area contributed by atoms with Gasteiger partial charge in [0.2, 0.25) is 0 Å². The number of carbonyl (C=O) groups excluding carboxylic acids is 1. The van der Waals surface area contributed by atoms with E-state index in [4.69, 9.17) is 10.5 Å². The van der Waals surface area contributed by atoms with Crippen LogP contribution < -0.4 is 5.73 Å². The van der Waals surface area contributed by atoms with Crippen molar-refractivity contribution >= 4 is 11.7 Å². The van der Waals surface area contributed by atoms with Gasteiger partial charge in [0, 0.05) is 0 Å². The summed E-state index contributed by atoms with van der Waals surface area (Å²) in [6, 6.07) is 3.24. The van der Waals surface area contributed by atoms with Crippen LogP contribution in [-0.4, -0.2) is 17.6 Å². The van der Waals surface area contributed by atoms with Gasteiger partial charge in [-0.3, -0.25) is 0 Å². The molecule has 0 spiro atoms. The van der Waals surface area contributed by atoms with E-state index in [1.807, 2.05) is 0 Å². The number of unbranched alkanes of at least 4 members (excludes halogenated alkanes) is 7. The van der Waals surface area contributed by atoms with Crippen molar-refractivity contribution in [3.05, 3.63) is 24.0 Å². The number of aromatic nitrogens is 1. The molecule has 0 aromatic carbocycles. The zero-order valence-corrected chi connectivity index (χ0v) is 12.4. The third kappa shape index (κ3) is 7.12. The van der Waals surface area contributed by atoms with Crippen molar-refractivity contribution in [2.24, 2.45) is 0 Å². The SMILES string of the molecule is CCCCCCCCCCOC(=O)c1ccc(N)cn1. The van der Waals surface area contributed by atoms with Gasteiger partial charge < -0.3 is 10.5 Å². The molecule has 0 amide bonds. The molecule has 0 unspecified atom stereocenters. The maximum absolute atomic E-state index is 11.6. The normalized spacial score (nSPS) is 10.4. The second-order valence-corrected chi connectivity index (χ2v) is 5.09. The topological polar surface area (TPSA) is 65.2 Å². The highest BCUT2D eigenvalue weighted by Gasteiger charge is 2.07. The number of nitrogen functional groups attached to an aromatic ring is 1. The summed E-state index contributed by atoms with van der Waals surface area (Å²) < 4.78 is 5.17. The van der Waals surface area contributed by atoms with Gasteiger partial charge in [-0.05, 0) is 18.6 Å². The van der Waals surface area contributed by atoms with Gasteiger partial charge in [-0.1, -0.05) is 51.9 Å². The van der Waals surface area contributed by atoms with E-state index in [9.17, 15) is 4.79 Å². The van der Waals surface area contributed by atoms with Crippen LogP contribution in [0.5, 0.6) is 0 Å². The summed E-state index contributed by atoms with van der Waals surface area (Å²) >= 11 is 0. The minimum Gasteiger partial charge on any atom is -0.461 e. The van der Waals surface area contributed by atoms with Crippen LogP contribution in [0.25, 0.3) is 0 Å². The van der Waals surface area contributed by atoms with Crippen molar-refractivity contribution in [2.75, 3.05) is 12.3 Å². The van der Waals surface area contributed by atoms with Crippen LogP contribution in [0, 0.1) is 0 Å². The molecule has 1 rings (SSSR count). The van der Waals surface area contributed by atoms with Crippen LogP contribution in [0.4, 0.5) is 5.69 Å². The average molecular weight is 278 g/mol. The maximum atomic E-state index is 11.6. The number of esters is 1. The number of hydrogen-bond acceptors (Lipinski definition) is 4. The Hall–Kier alpha value is -1.58. The first-order valence-electron chi connectivity index (χ1n) is 7.62. The number of anilines is 1. The minimum atomic E-state index is -0.368. The molecule has 0 aliphatic heterocycles. The zero-order valence-electron chi connectivity index (χ0n) is 12.4. The van der Waals surface area contributed by atoms with Crippen LogP contribution >= 0.6 is 0 Å². The standard InChI is InChI=1S/C16H26N2O2/c1-2-3-4-5-6-7-8-9-12-20-16(19)15-11-10-14(17)13-18-15/h10-11,13H,2-9,12,17H2,1H3. The molecule has 0 aliphatic rings. The molecule has 0 radical (unpaired) electrons. The molecule has 0 saturated carbocycles. The summed E-state index contributed by atoms with van der Waals surface area (Å²) in [5.74, 6) is -0.368. The Morgan fingerprint density at radius 1 is 1.10 bits per heavy atom. The van der Waals surface area contributed by atoms with Crippen molar-refractivity contribution < 1.29 is 9.53 Å². The highest BCUT2D eigenvalue weighted by atomic mass is 16.5. The van der Waals surface area contributed by atoms with Gasteiger partial charge in [0.25, 0.3) is 0 Å². The lowest BCUT2D eigenvalue weighted by molar-refractivity contribution is 0.0491. The van der Waals surface area contributed by atoms with E-state index < -0.39 is 0 Å². The Morgan fingerprint density at radius 2 is 1.75 bits per heavy atom. The van der Waals surface area contributed by atoms with Crippen molar-refractivity contribution in [3.63, 3.8) is 0 Å². The molecule has 2 N–H and O–H groups in total. The highest BCUT2D eigenvalue weighted by molar-refractivity contribution is 5.87. The van der Waals surface area contributed by atoms with Gasteiger partial charge in [-0.15, -0.1) is 0 Å². The second-order valence-electron chi connectivity index (χ2n) is 5.09. The van der Waals surface area contributed by atoms with Gasteiger partial charge in [0.15, 0.2) is 0 Å². The smallest absolute Gasteiger partial charge is 0.356 e. The maximum Gasteiger partial charge on any atom is 0.356 e. The molecular weight excluding hydrogens is 252 g/mol. The summed E-state index contributed by atoms with van der Waals surface area (Å²) in [5, 5.41) is 0. The zero-order chi connectivity index (χ0) is 14.6. The molecule has 0 atom stereocenters. The number of nitrogens with zero attached hydrogens (tertiary/aromatic N) is 1. The first-order chi connectivity index (χ1) is 9.74. The van der Waals surface area contributed by atoms with Crippen LogP contribution in [-0.2, 0) is 4.74 Å². The number of nitrogens with two attached hydrogens (primary N) is 1. The Balaban J connectivity index is 2.01. The summed E-state index contributed by atoms with van der Waals surface area (Å²) in [7, 11) is 0. The predicted molar refractivity (Wildman–Crippen MR) is 81.5 cm³/mol. The number of rotatable bonds is 10. The highest BCUT2D eigenvalue weighted by Crippen LogP contribution is 2.09. The lowest BCUT2D eigenvalue weighted by Gasteiger charge is -2.04. The molecule has 1 aromatic rings. The van der Waals surface area contributed by atoms with Crippen LogP contribution in [0.15, 0.2) is 18.3 Å². The number of hydrogen-bond donors (Lipinski definition) is 1. The monoisotopic (exact) mass is 278 g/mol. The third-order valence-electron chi connectivity index (χ3n) is 3.23. The molecule has 4 heteroatoms. The van der Waals surface area contributed by atoms with Crippen molar-refractivity contribution in [1.29, 1.82) is 0 Å². The number of carbonyl (C=O) groups is 1. The molecule has 112 valence electrons. The van der Waals surface area contributed by atoms with Crippen LogP contribution in [0.3, 0.4) is 0 Å². The lowest BCUT2D eigenvalue weighted by atomic mass is 10.1. The summed E-state index contributed by atoms with van der Waals surface area (Å²) in [4.78, 5) is 15.6. The van der Waals surface area contributed by atoms with Crippen LogP contribution in [0.1, 0.15) is 68.8 Å². The first kappa shape index (κ1) is 16.5. The van der Waals surface area contributed by atoms with Crippen molar-refractivity contribution in [1.82, 2.24) is 4.98 Å². The van der Waals surface area contributed by atoms with Gasteiger partial charge in [0.1, 0.15) is 5.69 Å². The third-order valence-corrected chi connectivity index (χ3v) is 3.23. The summed E-state index contributed by atoms with van der Waals surface area (Å²) in [6.07, 6.45) is 11.3. The van der Waals surface area contributed by atoms with Crippen molar-refractivity contribution in [2.45, 2.75) is 58.3 Å². The quantitative estimate of drug-likeness (QED) is 0.519. The fraction of sp³-hybridized carbons (Fsp3) is 0.625. The van der Waals surface area contributed by atoms with E-state index >= 15 is 0 Å². The summed E-state index contributed by atoms with van der Waals surface area (Å²) in [6.45, 7) is 2.70. The molecule has 0 aliphatic carbocycles. The Labute approximate surface area is 121 Å². The molecule has 1 heterocycles. The van der Waals surface area contributed by atoms with Gasteiger partial charge in [-0.25, -0.2) is 9.78 Å². The molecule has 0 bridgehead atoms. The van der Waals surface area contributed by atoms with Gasteiger partial charge >= 0.3 is 5.97 Å². The van der Waals surface area contributed by atoms with E-state index in [-0.39, 0.29) is 5.97 Å². The fourth-order valence-corrected chi connectivity index (χ4v) is 2.00. The van der Waals surface area contributed by atoms with E-state index in [1.165, 1.54) is 44.7 Å². The molecule has 0 fully saturated rings. The first-order valence-corrected chi connectivity index (χ1v) is 7.62. The fourth-order valence-electron chi connectivity index (χ4n) is 2.00. The van der Waals surface area contributed by atoms with E-state index in [1.54, 1.807) is 12.1 Å². The van der Waals surface area contributed by atoms with Gasteiger partial charge in [0.05, 0.1) is 18.5 Å². The van der Waals surface area contributed by atoms with E-state index in [2.05, 4.69) is 11.9 Å². The molecule has 20 heavy (non-hydrogen) atoms. The predicted octanol–water partition coefficient (Wildman–Crippen LogP) is 3.96. The Morgan fingerprint density at radius 3 is 2.35 bits per heavy atom. The molecule has 4 nitrogen and oxygen atoms in total. The average Bonchev–Trinajstić information content (AvgIpc) is 2.46. The van der Waals surface area contributed by atoms with E-state index in [0.717, 1.165) is 12.8 Å². The molecule has 1 aromatic heterocycles. The largest absolute Gasteiger partial charge is 0.461 e. The molecular formula is C16H26N2O2. The molecule has 0 saturated heterocycles. The van der Waals surface area contributed by atoms with E-state index in [0.29, 0.717) is 18.0 Å².